The van der Waals surface area contributed by atoms with Crippen LogP contribution in [0.4, 0.5) is 29.3 Å². The lowest BCUT2D eigenvalue weighted by Gasteiger charge is -2.24. The molecule has 0 aliphatic carbocycles. The number of carboxylic acids is 1. The fourth-order valence-electron chi connectivity index (χ4n) is 4.48. The van der Waals surface area contributed by atoms with E-state index in [1.54, 1.807) is 37.3 Å². The number of anilines is 2. The molecule has 3 aromatic rings. The number of carboxylic acid groups (broad SMARTS) is 1. The van der Waals surface area contributed by atoms with E-state index in [0.29, 0.717) is 30.8 Å². The fraction of sp³-hybridized carbons (Fsp3) is 0.259. The van der Waals surface area contributed by atoms with Gasteiger partial charge in [0.15, 0.2) is 0 Å². The lowest BCUT2D eigenvalue weighted by Crippen LogP contribution is -2.45. The van der Waals surface area contributed by atoms with E-state index in [1.165, 1.54) is 30.0 Å². The van der Waals surface area contributed by atoms with Crippen molar-refractivity contribution in [3.8, 4) is 11.1 Å². The fourth-order valence-corrected chi connectivity index (χ4v) is 4.48. The van der Waals surface area contributed by atoms with Crippen molar-refractivity contribution in [2.45, 2.75) is 38.9 Å². The minimum Gasteiger partial charge on any atom is -0.477 e. The summed E-state index contributed by atoms with van der Waals surface area (Å²) in [6.07, 6.45) is -3.43. The van der Waals surface area contributed by atoms with E-state index in [4.69, 9.17) is 5.11 Å². The highest BCUT2D eigenvalue weighted by Crippen LogP contribution is 2.33. The maximum absolute atomic E-state index is 13.0. The van der Waals surface area contributed by atoms with Crippen LogP contribution in [-0.2, 0) is 11.0 Å². The minimum atomic E-state index is -4.48. The first kappa shape index (κ1) is 26.6. The van der Waals surface area contributed by atoms with E-state index in [0.717, 1.165) is 17.2 Å². The van der Waals surface area contributed by atoms with E-state index < -0.39 is 29.8 Å². The van der Waals surface area contributed by atoms with Crippen LogP contribution in [0.25, 0.3) is 11.1 Å². The number of aromatic carboxylic acids is 1. The summed E-state index contributed by atoms with van der Waals surface area (Å²) in [5.74, 6) is -1.49. The predicted molar refractivity (Wildman–Crippen MR) is 135 cm³/mol. The molecule has 1 fully saturated rings. The molecule has 2 heterocycles. The molecule has 1 aromatic heterocycles. The third kappa shape index (κ3) is 5.77. The number of nitrogens with one attached hydrogen (secondary N) is 2. The first-order chi connectivity index (χ1) is 17.9. The number of carbonyl (C=O) groups excluding carboxylic acids is 2. The van der Waals surface area contributed by atoms with Gasteiger partial charge in [-0.2, -0.15) is 13.2 Å². The molecule has 3 amide bonds. The number of carbonyl (C=O) groups is 3. The second-order valence-electron chi connectivity index (χ2n) is 9.01. The molecule has 0 unspecified atom stereocenters. The summed E-state index contributed by atoms with van der Waals surface area (Å²) in [5.41, 5.74) is 1.98. The van der Waals surface area contributed by atoms with Crippen LogP contribution in [-0.4, -0.2) is 45.5 Å². The number of likely N-dealkylation sites (tertiary alicyclic amines) is 1. The minimum absolute atomic E-state index is 0.0155. The smallest absolute Gasteiger partial charge is 0.416 e. The molecule has 1 atom stereocenters. The molecule has 0 saturated carbocycles. The van der Waals surface area contributed by atoms with Gasteiger partial charge >= 0.3 is 18.2 Å². The molecular weight excluding hydrogens is 501 g/mol. The van der Waals surface area contributed by atoms with E-state index in [1.807, 2.05) is 0 Å². The Morgan fingerprint density at radius 3 is 2.26 bits per heavy atom. The van der Waals surface area contributed by atoms with Crippen molar-refractivity contribution in [1.29, 1.82) is 0 Å². The van der Waals surface area contributed by atoms with E-state index >= 15 is 0 Å². The van der Waals surface area contributed by atoms with Crippen LogP contribution in [0.2, 0.25) is 0 Å². The van der Waals surface area contributed by atoms with Gasteiger partial charge in [0, 0.05) is 29.2 Å². The second-order valence-corrected chi connectivity index (χ2v) is 9.01. The van der Waals surface area contributed by atoms with Crippen molar-refractivity contribution in [2.24, 2.45) is 0 Å². The number of pyridine rings is 1. The lowest BCUT2D eigenvalue weighted by atomic mass is 10.0. The maximum Gasteiger partial charge on any atom is 0.416 e. The number of benzene rings is 2. The quantitative estimate of drug-likeness (QED) is 0.394. The van der Waals surface area contributed by atoms with Gasteiger partial charge in [-0.1, -0.05) is 18.2 Å². The standard InChI is InChI=1S/C27H25F3N4O4/c1-15-14-19(9-11-21(15)27(28,29)30)33-26(38)34-13-3-4-23(34)24(35)32-18-7-5-17(6-8-18)20-10-12-22(25(36)37)31-16(20)2/h5-12,14,23H,3-4,13H2,1-2H3,(H,32,35)(H,33,38)(H,36,37)/t23-/m0/s1. The van der Waals surface area contributed by atoms with Crippen molar-refractivity contribution in [2.75, 3.05) is 17.2 Å². The molecule has 2 aromatic carbocycles. The number of hydrogen-bond acceptors (Lipinski definition) is 4. The van der Waals surface area contributed by atoms with Crippen LogP contribution < -0.4 is 10.6 Å². The van der Waals surface area contributed by atoms with Gasteiger partial charge in [-0.15, -0.1) is 0 Å². The lowest BCUT2D eigenvalue weighted by molar-refractivity contribution is -0.138. The van der Waals surface area contributed by atoms with Gasteiger partial charge in [0.25, 0.3) is 0 Å². The third-order valence-electron chi connectivity index (χ3n) is 6.37. The summed E-state index contributed by atoms with van der Waals surface area (Å²) in [6.45, 7) is 3.36. The number of aromatic nitrogens is 1. The summed E-state index contributed by atoms with van der Waals surface area (Å²) in [7, 11) is 0. The number of rotatable bonds is 5. The summed E-state index contributed by atoms with van der Waals surface area (Å²) < 4.78 is 39.0. The molecule has 0 bridgehead atoms. The Bertz CT molecular complexity index is 1390. The molecule has 198 valence electrons. The molecule has 1 aliphatic heterocycles. The molecule has 1 saturated heterocycles. The zero-order valence-electron chi connectivity index (χ0n) is 20.6. The summed E-state index contributed by atoms with van der Waals surface area (Å²) in [4.78, 5) is 42.4. The van der Waals surface area contributed by atoms with Crippen molar-refractivity contribution in [1.82, 2.24) is 9.88 Å². The topological polar surface area (TPSA) is 112 Å². The normalized spacial score (nSPS) is 15.3. The Labute approximate surface area is 216 Å². The monoisotopic (exact) mass is 526 g/mol. The number of urea groups is 1. The van der Waals surface area contributed by atoms with Crippen LogP contribution in [0.15, 0.2) is 54.6 Å². The van der Waals surface area contributed by atoms with E-state index in [9.17, 15) is 27.6 Å². The van der Waals surface area contributed by atoms with E-state index in [2.05, 4.69) is 15.6 Å². The summed E-state index contributed by atoms with van der Waals surface area (Å²) in [5, 5.41) is 14.5. The molecular formula is C27H25F3N4O4. The van der Waals surface area contributed by atoms with Crippen LogP contribution in [0, 0.1) is 13.8 Å². The Morgan fingerprint density at radius 1 is 0.974 bits per heavy atom. The maximum atomic E-state index is 13.0. The zero-order chi connectivity index (χ0) is 27.6. The van der Waals surface area contributed by atoms with Crippen LogP contribution in [0.5, 0.6) is 0 Å². The highest BCUT2D eigenvalue weighted by atomic mass is 19.4. The average molecular weight is 527 g/mol. The molecule has 0 spiro atoms. The Hall–Kier alpha value is -4.41. The molecule has 0 radical (unpaired) electrons. The van der Waals surface area contributed by atoms with Crippen molar-refractivity contribution in [3.63, 3.8) is 0 Å². The van der Waals surface area contributed by atoms with Gasteiger partial charge < -0.3 is 20.6 Å². The number of amides is 3. The molecule has 3 N–H and O–H groups in total. The zero-order valence-corrected chi connectivity index (χ0v) is 20.6. The van der Waals surface area contributed by atoms with Gasteiger partial charge in [0.2, 0.25) is 5.91 Å². The highest BCUT2D eigenvalue weighted by molar-refractivity contribution is 5.99. The van der Waals surface area contributed by atoms with Gasteiger partial charge in [-0.3, -0.25) is 4.79 Å². The van der Waals surface area contributed by atoms with Crippen molar-refractivity contribution >= 4 is 29.3 Å². The Kier molecular flexibility index (Phi) is 7.38. The Balaban J connectivity index is 1.41. The molecule has 38 heavy (non-hydrogen) atoms. The van der Waals surface area contributed by atoms with Gasteiger partial charge in [-0.05, 0) is 74.2 Å². The number of aryl methyl sites for hydroxylation is 2. The number of halogens is 3. The summed E-state index contributed by atoms with van der Waals surface area (Å²) >= 11 is 0. The Morgan fingerprint density at radius 2 is 1.66 bits per heavy atom. The first-order valence-corrected chi connectivity index (χ1v) is 11.8. The van der Waals surface area contributed by atoms with Gasteiger partial charge in [0.05, 0.1) is 5.56 Å². The number of alkyl halides is 3. The molecule has 11 heteroatoms. The van der Waals surface area contributed by atoms with Crippen LogP contribution >= 0.6 is 0 Å². The predicted octanol–water partition coefficient (Wildman–Crippen LogP) is 5.72. The molecule has 4 rings (SSSR count). The number of nitrogens with zero attached hydrogens (tertiary/aromatic N) is 2. The second kappa shape index (κ2) is 10.5. The highest BCUT2D eigenvalue weighted by Gasteiger charge is 2.35. The first-order valence-electron chi connectivity index (χ1n) is 11.8. The van der Waals surface area contributed by atoms with Crippen LogP contribution in [0.3, 0.4) is 0 Å². The summed E-state index contributed by atoms with van der Waals surface area (Å²) in [6, 6.07) is 12.1. The largest absolute Gasteiger partial charge is 0.477 e. The molecule has 8 nitrogen and oxygen atoms in total. The van der Waals surface area contributed by atoms with Gasteiger partial charge in [0.1, 0.15) is 11.7 Å². The van der Waals surface area contributed by atoms with Crippen LogP contribution in [0.1, 0.15) is 40.2 Å². The van der Waals surface area contributed by atoms with Crippen molar-refractivity contribution < 1.29 is 32.7 Å². The van der Waals surface area contributed by atoms with E-state index in [-0.39, 0.29) is 22.9 Å². The number of hydrogen-bond donors (Lipinski definition) is 3. The molecule has 1 aliphatic rings. The van der Waals surface area contributed by atoms with Gasteiger partial charge in [-0.25, -0.2) is 14.6 Å². The van der Waals surface area contributed by atoms with Crippen molar-refractivity contribution in [3.05, 3.63) is 77.1 Å². The average Bonchev–Trinajstić information content (AvgIpc) is 3.34. The third-order valence-corrected chi connectivity index (χ3v) is 6.37. The SMILES string of the molecule is Cc1cc(NC(=O)N2CCC[C@H]2C(=O)Nc2ccc(-c3ccc(C(=O)O)nc3C)cc2)ccc1C(F)(F)F.